The van der Waals surface area contributed by atoms with E-state index in [9.17, 15) is 0 Å². The number of rotatable bonds is 4. The molecule has 1 saturated heterocycles. The Morgan fingerprint density at radius 1 is 1.13 bits per heavy atom. The molecular formula is C17H21ClN4O. The molecule has 6 heteroatoms. The van der Waals surface area contributed by atoms with Crippen molar-refractivity contribution >= 4 is 17.5 Å². The van der Waals surface area contributed by atoms with Gasteiger partial charge in [0.25, 0.3) is 0 Å². The zero-order valence-electron chi connectivity index (χ0n) is 13.5. The first-order valence-electron chi connectivity index (χ1n) is 8.05. The first kappa shape index (κ1) is 16.1. The second-order valence-electron chi connectivity index (χ2n) is 5.57. The third-order valence-electron chi connectivity index (χ3n) is 4.09. The predicted octanol–water partition coefficient (Wildman–Crippen LogP) is 3.23. The van der Waals surface area contributed by atoms with E-state index >= 15 is 0 Å². The van der Waals surface area contributed by atoms with E-state index in [4.69, 9.17) is 21.3 Å². The number of ether oxygens (including phenoxy) is 1. The Hall–Kier alpha value is -1.72. The number of aromatic nitrogens is 3. The van der Waals surface area contributed by atoms with Crippen molar-refractivity contribution in [3.05, 3.63) is 46.2 Å². The molecule has 1 aliphatic rings. The van der Waals surface area contributed by atoms with Crippen LogP contribution in [0.2, 0.25) is 5.02 Å². The topological polar surface area (TPSA) is 51.1 Å². The van der Waals surface area contributed by atoms with Crippen molar-refractivity contribution in [3.63, 3.8) is 0 Å². The maximum absolute atomic E-state index is 5.96. The van der Waals surface area contributed by atoms with Crippen LogP contribution in [0.4, 0.5) is 5.95 Å². The standard InChI is InChI=1S/C17H21ClN4O/c1-3-14-15(4-2)20-21-17(19-14)22-9-10-23-16(11-22)12-5-7-13(18)8-6-12/h5-8,16H,3-4,9-11H2,1-2H3. The highest BCUT2D eigenvalue weighted by atomic mass is 35.5. The summed E-state index contributed by atoms with van der Waals surface area (Å²) in [6, 6.07) is 7.80. The van der Waals surface area contributed by atoms with Crippen molar-refractivity contribution in [2.24, 2.45) is 0 Å². The summed E-state index contributed by atoms with van der Waals surface area (Å²) in [4.78, 5) is 6.85. The lowest BCUT2D eigenvalue weighted by molar-refractivity contribution is 0.0391. The highest BCUT2D eigenvalue weighted by Crippen LogP contribution is 2.25. The van der Waals surface area contributed by atoms with E-state index in [0.717, 1.165) is 47.9 Å². The van der Waals surface area contributed by atoms with Gasteiger partial charge in [-0.25, -0.2) is 4.98 Å². The van der Waals surface area contributed by atoms with Crippen molar-refractivity contribution in [2.45, 2.75) is 32.8 Å². The van der Waals surface area contributed by atoms with E-state index in [0.29, 0.717) is 12.6 Å². The molecule has 0 saturated carbocycles. The fraction of sp³-hybridized carbons (Fsp3) is 0.471. The molecule has 0 amide bonds. The monoisotopic (exact) mass is 332 g/mol. The third-order valence-corrected chi connectivity index (χ3v) is 4.34. The molecule has 0 N–H and O–H groups in total. The summed E-state index contributed by atoms with van der Waals surface area (Å²) in [6.07, 6.45) is 1.73. The molecule has 1 atom stereocenters. The molecule has 1 aromatic heterocycles. The van der Waals surface area contributed by atoms with Crippen molar-refractivity contribution in [2.75, 3.05) is 24.6 Å². The van der Waals surface area contributed by atoms with Gasteiger partial charge in [-0.05, 0) is 30.5 Å². The van der Waals surface area contributed by atoms with Gasteiger partial charge in [0.05, 0.1) is 24.5 Å². The van der Waals surface area contributed by atoms with E-state index in [-0.39, 0.29) is 6.10 Å². The Morgan fingerprint density at radius 2 is 1.87 bits per heavy atom. The molecule has 5 nitrogen and oxygen atoms in total. The predicted molar refractivity (Wildman–Crippen MR) is 90.9 cm³/mol. The molecule has 122 valence electrons. The number of aryl methyl sites for hydroxylation is 2. The summed E-state index contributed by atoms with van der Waals surface area (Å²) < 4.78 is 5.90. The summed E-state index contributed by atoms with van der Waals surface area (Å²) in [6.45, 7) is 6.32. The van der Waals surface area contributed by atoms with Gasteiger partial charge in [-0.1, -0.05) is 37.6 Å². The molecule has 0 radical (unpaired) electrons. The zero-order valence-corrected chi connectivity index (χ0v) is 14.3. The van der Waals surface area contributed by atoms with Crippen LogP contribution in [0.15, 0.2) is 24.3 Å². The second-order valence-corrected chi connectivity index (χ2v) is 6.01. The molecule has 1 fully saturated rings. The molecule has 3 rings (SSSR count). The quantitative estimate of drug-likeness (QED) is 0.860. The molecule has 23 heavy (non-hydrogen) atoms. The summed E-state index contributed by atoms with van der Waals surface area (Å²) in [5.74, 6) is 0.696. The van der Waals surface area contributed by atoms with Crippen LogP contribution in [0.5, 0.6) is 0 Å². The van der Waals surface area contributed by atoms with E-state index in [1.165, 1.54) is 0 Å². The van der Waals surface area contributed by atoms with Crippen molar-refractivity contribution in [3.8, 4) is 0 Å². The highest BCUT2D eigenvalue weighted by Gasteiger charge is 2.24. The number of benzene rings is 1. The van der Waals surface area contributed by atoms with Crippen LogP contribution < -0.4 is 4.90 Å². The minimum Gasteiger partial charge on any atom is -0.370 e. The van der Waals surface area contributed by atoms with Crippen LogP contribution in [-0.2, 0) is 17.6 Å². The molecule has 0 spiro atoms. The Labute approximate surface area is 141 Å². The maximum atomic E-state index is 5.96. The van der Waals surface area contributed by atoms with E-state index in [1.807, 2.05) is 24.3 Å². The zero-order chi connectivity index (χ0) is 16.2. The minimum absolute atomic E-state index is 0.000505. The van der Waals surface area contributed by atoms with Gasteiger partial charge < -0.3 is 9.64 Å². The number of hydrogen-bond acceptors (Lipinski definition) is 5. The highest BCUT2D eigenvalue weighted by molar-refractivity contribution is 6.30. The molecule has 1 aliphatic heterocycles. The lowest BCUT2D eigenvalue weighted by Crippen LogP contribution is -2.39. The second kappa shape index (κ2) is 7.23. The van der Waals surface area contributed by atoms with Gasteiger partial charge in [-0.3, -0.25) is 0 Å². The number of hydrogen-bond donors (Lipinski definition) is 0. The molecule has 1 aromatic carbocycles. The van der Waals surface area contributed by atoms with Gasteiger partial charge in [-0.2, -0.15) is 5.10 Å². The van der Waals surface area contributed by atoms with E-state index in [2.05, 4.69) is 28.9 Å². The smallest absolute Gasteiger partial charge is 0.245 e. The largest absolute Gasteiger partial charge is 0.370 e. The number of nitrogens with zero attached hydrogens (tertiary/aromatic N) is 4. The summed E-state index contributed by atoms with van der Waals surface area (Å²) in [5.41, 5.74) is 3.14. The van der Waals surface area contributed by atoms with Gasteiger partial charge in [-0.15, -0.1) is 5.10 Å². The normalized spacial score (nSPS) is 18.2. The van der Waals surface area contributed by atoms with Gasteiger partial charge in [0.1, 0.15) is 6.10 Å². The first-order valence-corrected chi connectivity index (χ1v) is 8.43. The summed E-state index contributed by atoms with van der Waals surface area (Å²) in [7, 11) is 0. The molecule has 2 aromatic rings. The minimum atomic E-state index is 0.000505. The van der Waals surface area contributed by atoms with Gasteiger partial charge >= 0.3 is 0 Å². The Kier molecular flexibility index (Phi) is 5.08. The van der Waals surface area contributed by atoms with Gasteiger partial charge in [0, 0.05) is 11.6 Å². The van der Waals surface area contributed by atoms with E-state index < -0.39 is 0 Å². The van der Waals surface area contributed by atoms with Crippen LogP contribution in [0.3, 0.4) is 0 Å². The number of halogens is 1. The maximum Gasteiger partial charge on any atom is 0.245 e. The van der Waals surface area contributed by atoms with Gasteiger partial charge in [0.2, 0.25) is 5.95 Å². The Morgan fingerprint density at radius 3 is 2.57 bits per heavy atom. The summed E-state index contributed by atoms with van der Waals surface area (Å²) >= 11 is 5.96. The van der Waals surface area contributed by atoms with Crippen LogP contribution in [0, 0.1) is 0 Å². The molecule has 2 heterocycles. The Balaban J connectivity index is 1.79. The number of anilines is 1. The summed E-state index contributed by atoms with van der Waals surface area (Å²) in [5, 5.41) is 9.39. The van der Waals surface area contributed by atoms with Crippen LogP contribution in [0.25, 0.3) is 0 Å². The van der Waals surface area contributed by atoms with Crippen LogP contribution in [-0.4, -0.2) is 34.9 Å². The average Bonchev–Trinajstić information content (AvgIpc) is 2.62. The Bertz CT molecular complexity index is 662. The van der Waals surface area contributed by atoms with E-state index in [1.54, 1.807) is 0 Å². The molecule has 0 bridgehead atoms. The fourth-order valence-corrected chi connectivity index (χ4v) is 2.90. The average molecular weight is 333 g/mol. The van der Waals surface area contributed by atoms with Crippen molar-refractivity contribution in [1.82, 2.24) is 15.2 Å². The van der Waals surface area contributed by atoms with Crippen molar-refractivity contribution < 1.29 is 4.74 Å². The lowest BCUT2D eigenvalue weighted by atomic mass is 10.1. The molecular weight excluding hydrogens is 312 g/mol. The first-order chi connectivity index (χ1) is 11.2. The number of morpholine rings is 1. The lowest BCUT2D eigenvalue weighted by Gasteiger charge is -2.33. The van der Waals surface area contributed by atoms with Crippen LogP contribution >= 0.6 is 11.6 Å². The molecule has 0 aliphatic carbocycles. The van der Waals surface area contributed by atoms with Gasteiger partial charge in [0.15, 0.2) is 0 Å². The third kappa shape index (κ3) is 3.62. The van der Waals surface area contributed by atoms with Crippen molar-refractivity contribution in [1.29, 1.82) is 0 Å². The fourth-order valence-electron chi connectivity index (χ4n) is 2.77. The SMILES string of the molecule is CCc1nnc(N2CCOC(c3ccc(Cl)cc3)C2)nc1CC. The molecule has 1 unspecified atom stereocenters. The van der Waals surface area contributed by atoms with Crippen LogP contribution in [0.1, 0.15) is 36.9 Å².